The highest BCUT2D eigenvalue weighted by atomic mass is 32.2. The average molecular weight is 434 g/mol. The zero-order chi connectivity index (χ0) is 21.1. The number of benzene rings is 1. The van der Waals surface area contributed by atoms with Crippen LogP contribution in [-0.2, 0) is 35.7 Å². The lowest BCUT2D eigenvalue weighted by atomic mass is 9.99. The lowest BCUT2D eigenvalue weighted by Gasteiger charge is -2.30. The van der Waals surface area contributed by atoms with Crippen LogP contribution in [0.5, 0.6) is 0 Å². The first-order chi connectivity index (χ1) is 14.4. The van der Waals surface area contributed by atoms with Crippen molar-refractivity contribution < 1.29 is 13.2 Å². The number of sulfonamides is 1. The number of carbonyl (C=O) groups excluding carboxylic acids is 1. The topological polar surface area (TPSA) is 78.5 Å². The van der Waals surface area contributed by atoms with Crippen LogP contribution in [0.25, 0.3) is 0 Å². The van der Waals surface area contributed by atoms with Crippen LogP contribution < -0.4 is 10.0 Å². The zero-order valence-electron chi connectivity index (χ0n) is 18.1. The molecule has 0 spiro atoms. The number of rotatable bonds is 7. The third-order valence-electron chi connectivity index (χ3n) is 6.97. The van der Waals surface area contributed by atoms with Crippen LogP contribution in [0.4, 0.5) is 10.5 Å². The maximum Gasteiger partial charge on any atom is 0.332 e. The van der Waals surface area contributed by atoms with Gasteiger partial charge in [-0.25, -0.2) is 17.9 Å². The van der Waals surface area contributed by atoms with E-state index >= 15 is 0 Å². The van der Waals surface area contributed by atoms with Gasteiger partial charge in [0.2, 0.25) is 10.0 Å². The summed E-state index contributed by atoms with van der Waals surface area (Å²) in [6.45, 7) is 5.45. The number of unbranched alkanes of at least 4 members (excludes halogenated alkanes) is 1. The Bertz CT molecular complexity index is 857. The van der Waals surface area contributed by atoms with Gasteiger partial charge in [-0.15, -0.1) is 0 Å². The number of hydrogen-bond donors (Lipinski definition) is 2. The summed E-state index contributed by atoms with van der Waals surface area (Å²) in [7, 11) is -3.62. The van der Waals surface area contributed by atoms with Gasteiger partial charge in [0.25, 0.3) is 0 Å². The van der Waals surface area contributed by atoms with Gasteiger partial charge in [0.1, 0.15) is 0 Å². The second-order valence-electron chi connectivity index (χ2n) is 9.34. The highest BCUT2D eigenvalue weighted by Gasteiger charge is 2.26. The molecule has 4 rings (SSSR count). The Morgan fingerprint density at radius 3 is 2.30 bits per heavy atom. The number of nitrogens with zero attached hydrogens (tertiary/aromatic N) is 1. The number of amides is 2. The molecule has 1 fully saturated rings. The molecule has 1 aromatic rings. The van der Waals surface area contributed by atoms with E-state index in [0.29, 0.717) is 6.42 Å². The third-order valence-corrected chi connectivity index (χ3v) is 8.30. The molecule has 7 heteroatoms. The number of aryl methyl sites for hydroxylation is 2. The van der Waals surface area contributed by atoms with Crippen LogP contribution in [0.3, 0.4) is 0 Å². The van der Waals surface area contributed by atoms with E-state index in [-0.39, 0.29) is 5.75 Å². The van der Waals surface area contributed by atoms with Crippen molar-refractivity contribution in [2.24, 2.45) is 5.92 Å². The number of anilines is 1. The molecule has 0 saturated carbocycles. The molecular formula is C23H35N3O3S. The number of hydrogen-bond acceptors (Lipinski definition) is 4. The standard InChI is InChI=1S/C23H35N3O3S/c1-17-10-13-26(14-11-17)12-2-3-15-30(28,29)25-23(27)24-22-20-8-4-6-18(20)16-19-7-5-9-21(19)22/h16-17H,2-15H2,1H3,(H2,24,25,27). The van der Waals surface area contributed by atoms with E-state index < -0.39 is 16.1 Å². The highest BCUT2D eigenvalue weighted by molar-refractivity contribution is 7.90. The number of carbonyl (C=O) groups is 1. The Kier molecular flexibility index (Phi) is 6.68. The summed E-state index contributed by atoms with van der Waals surface area (Å²) in [4.78, 5) is 14.9. The normalized spacial score (nSPS) is 19.5. The smallest absolute Gasteiger partial charge is 0.307 e. The number of nitrogens with one attached hydrogen (secondary N) is 2. The molecule has 30 heavy (non-hydrogen) atoms. The van der Waals surface area contributed by atoms with Gasteiger partial charge in [-0.05, 0) is 112 Å². The van der Waals surface area contributed by atoms with Crippen molar-refractivity contribution in [1.29, 1.82) is 0 Å². The van der Waals surface area contributed by atoms with Crippen molar-refractivity contribution in [2.45, 2.75) is 71.1 Å². The predicted molar refractivity (Wildman–Crippen MR) is 121 cm³/mol. The maximum absolute atomic E-state index is 12.5. The van der Waals surface area contributed by atoms with Gasteiger partial charge in [0, 0.05) is 5.69 Å². The first kappa shape index (κ1) is 21.6. The Hall–Kier alpha value is -1.60. The molecule has 1 aliphatic heterocycles. The second-order valence-corrected chi connectivity index (χ2v) is 11.2. The Balaban J connectivity index is 1.28. The van der Waals surface area contributed by atoms with Crippen LogP contribution in [0.15, 0.2) is 6.07 Å². The van der Waals surface area contributed by atoms with Crippen molar-refractivity contribution in [3.8, 4) is 0 Å². The molecule has 2 amide bonds. The summed E-state index contributed by atoms with van der Waals surface area (Å²) in [5.74, 6) is 0.798. The lowest BCUT2D eigenvalue weighted by Crippen LogP contribution is -2.37. The fourth-order valence-corrected chi connectivity index (χ4v) is 6.23. The lowest BCUT2D eigenvalue weighted by molar-refractivity contribution is 0.190. The summed E-state index contributed by atoms with van der Waals surface area (Å²) in [5.41, 5.74) is 5.93. The molecule has 166 valence electrons. The summed E-state index contributed by atoms with van der Waals surface area (Å²) in [5, 5.41) is 2.91. The molecule has 1 aromatic carbocycles. The fourth-order valence-electron chi connectivity index (χ4n) is 5.21. The molecule has 6 nitrogen and oxygen atoms in total. The van der Waals surface area contributed by atoms with Crippen LogP contribution >= 0.6 is 0 Å². The number of urea groups is 1. The quantitative estimate of drug-likeness (QED) is 0.644. The SMILES string of the molecule is CC1CCN(CCCCS(=O)(=O)NC(=O)Nc2c3c(cc4c2CCC4)CCC3)CC1. The summed E-state index contributed by atoms with van der Waals surface area (Å²) in [6.07, 6.45) is 10.1. The van der Waals surface area contributed by atoms with E-state index in [1.807, 2.05) is 0 Å². The van der Waals surface area contributed by atoms with Crippen LogP contribution in [0, 0.1) is 5.92 Å². The number of likely N-dealkylation sites (tertiary alicyclic amines) is 1. The van der Waals surface area contributed by atoms with Crippen LogP contribution in [0.2, 0.25) is 0 Å². The van der Waals surface area contributed by atoms with Gasteiger partial charge in [0.15, 0.2) is 0 Å². The van der Waals surface area contributed by atoms with Crippen molar-refractivity contribution in [2.75, 3.05) is 30.7 Å². The minimum absolute atomic E-state index is 0.00430. The van der Waals surface area contributed by atoms with Gasteiger partial charge in [-0.1, -0.05) is 13.0 Å². The molecule has 2 N–H and O–H groups in total. The molecule has 0 unspecified atom stereocenters. The maximum atomic E-state index is 12.5. The van der Waals surface area contributed by atoms with Gasteiger partial charge in [-0.2, -0.15) is 0 Å². The Morgan fingerprint density at radius 2 is 1.67 bits per heavy atom. The van der Waals surface area contributed by atoms with E-state index in [9.17, 15) is 13.2 Å². The molecule has 0 radical (unpaired) electrons. The molecule has 0 aromatic heterocycles. The average Bonchev–Trinajstić information content (AvgIpc) is 3.35. The first-order valence-electron chi connectivity index (χ1n) is 11.6. The number of piperidine rings is 1. The molecular weight excluding hydrogens is 398 g/mol. The number of fused-ring (bicyclic) bond motifs is 2. The third kappa shape index (κ3) is 5.17. The summed E-state index contributed by atoms with van der Waals surface area (Å²) in [6, 6.07) is 1.68. The van der Waals surface area contributed by atoms with Gasteiger partial charge in [-0.3, -0.25) is 0 Å². The molecule has 2 aliphatic carbocycles. The molecule has 3 aliphatic rings. The molecule has 1 saturated heterocycles. The molecule has 0 bridgehead atoms. The van der Waals surface area contributed by atoms with Crippen LogP contribution in [-0.4, -0.2) is 44.7 Å². The second kappa shape index (κ2) is 9.27. The largest absolute Gasteiger partial charge is 0.332 e. The van der Waals surface area contributed by atoms with E-state index in [2.05, 4.69) is 27.9 Å². The monoisotopic (exact) mass is 433 g/mol. The van der Waals surface area contributed by atoms with E-state index in [1.165, 1.54) is 35.1 Å². The summed E-state index contributed by atoms with van der Waals surface area (Å²) < 4.78 is 27.1. The van der Waals surface area contributed by atoms with Gasteiger partial charge in [0.05, 0.1) is 5.75 Å². The van der Waals surface area contributed by atoms with Gasteiger partial charge >= 0.3 is 6.03 Å². The van der Waals surface area contributed by atoms with Crippen molar-refractivity contribution in [1.82, 2.24) is 9.62 Å². The predicted octanol–water partition coefficient (Wildman–Crippen LogP) is 3.63. The molecule has 0 atom stereocenters. The minimum Gasteiger partial charge on any atom is -0.307 e. The first-order valence-corrected chi connectivity index (χ1v) is 13.3. The minimum atomic E-state index is -3.62. The highest BCUT2D eigenvalue weighted by Crippen LogP contribution is 2.38. The Labute approximate surface area is 180 Å². The fraction of sp³-hybridized carbons (Fsp3) is 0.696. The molecule has 1 heterocycles. The van der Waals surface area contributed by atoms with E-state index in [0.717, 1.165) is 76.2 Å². The van der Waals surface area contributed by atoms with Crippen molar-refractivity contribution in [3.05, 3.63) is 28.3 Å². The summed E-state index contributed by atoms with van der Waals surface area (Å²) >= 11 is 0. The Morgan fingerprint density at radius 1 is 1.03 bits per heavy atom. The van der Waals surface area contributed by atoms with Crippen molar-refractivity contribution >= 4 is 21.7 Å². The van der Waals surface area contributed by atoms with Crippen LogP contribution in [0.1, 0.15) is 67.7 Å². The van der Waals surface area contributed by atoms with Crippen molar-refractivity contribution in [3.63, 3.8) is 0 Å². The van der Waals surface area contributed by atoms with E-state index in [1.54, 1.807) is 0 Å². The zero-order valence-corrected chi connectivity index (χ0v) is 19.0. The van der Waals surface area contributed by atoms with Gasteiger partial charge < -0.3 is 10.2 Å². The van der Waals surface area contributed by atoms with E-state index in [4.69, 9.17) is 0 Å².